The van der Waals surface area contributed by atoms with Gasteiger partial charge in [0.05, 0.1) is 0 Å². The molecule has 0 heteroatoms. The Morgan fingerprint density at radius 1 is 0.938 bits per heavy atom. The SMILES string of the molecule is CC(C)CCCCCCCc1cc[c]cc1. The van der Waals surface area contributed by atoms with Crippen molar-refractivity contribution in [3.05, 3.63) is 35.9 Å². The fraction of sp³-hybridized carbons (Fsp3) is 0.625. The zero-order valence-electron chi connectivity index (χ0n) is 10.8. The molecule has 0 heterocycles. The highest BCUT2D eigenvalue weighted by molar-refractivity contribution is 5.13. The molecule has 1 radical (unpaired) electrons. The van der Waals surface area contributed by atoms with Crippen LogP contribution in [0.1, 0.15) is 57.9 Å². The van der Waals surface area contributed by atoms with Gasteiger partial charge in [0.25, 0.3) is 0 Å². The normalized spacial score (nSPS) is 10.9. The third-order valence-electron chi connectivity index (χ3n) is 3.03. The van der Waals surface area contributed by atoms with Gasteiger partial charge >= 0.3 is 0 Å². The summed E-state index contributed by atoms with van der Waals surface area (Å²) < 4.78 is 0. The highest BCUT2D eigenvalue weighted by Crippen LogP contribution is 2.12. The van der Waals surface area contributed by atoms with Gasteiger partial charge in [0.15, 0.2) is 0 Å². The number of benzene rings is 1. The molecular weight excluding hydrogens is 192 g/mol. The second-order valence-corrected chi connectivity index (χ2v) is 5.11. The van der Waals surface area contributed by atoms with E-state index in [4.69, 9.17) is 0 Å². The largest absolute Gasteiger partial charge is 0.0628 e. The van der Waals surface area contributed by atoms with Gasteiger partial charge in [0, 0.05) is 0 Å². The van der Waals surface area contributed by atoms with E-state index < -0.39 is 0 Å². The van der Waals surface area contributed by atoms with E-state index in [1.165, 1.54) is 50.5 Å². The summed E-state index contributed by atoms with van der Waals surface area (Å²) in [5.74, 6) is 0.876. The van der Waals surface area contributed by atoms with Crippen molar-refractivity contribution in [1.82, 2.24) is 0 Å². The number of hydrogen-bond acceptors (Lipinski definition) is 0. The van der Waals surface area contributed by atoms with Crippen LogP contribution in [0, 0.1) is 12.0 Å². The average molecular weight is 217 g/mol. The van der Waals surface area contributed by atoms with Crippen LogP contribution in [0.4, 0.5) is 0 Å². The lowest BCUT2D eigenvalue weighted by molar-refractivity contribution is 0.515. The number of hydrogen-bond donors (Lipinski definition) is 0. The van der Waals surface area contributed by atoms with Crippen LogP contribution < -0.4 is 0 Å². The third kappa shape index (κ3) is 6.66. The fourth-order valence-electron chi connectivity index (χ4n) is 2.00. The molecule has 0 bridgehead atoms. The van der Waals surface area contributed by atoms with E-state index in [0.717, 1.165) is 5.92 Å². The fourth-order valence-corrected chi connectivity index (χ4v) is 2.00. The minimum atomic E-state index is 0.876. The molecule has 0 saturated heterocycles. The van der Waals surface area contributed by atoms with Gasteiger partial charge in [-0.15, -0.1) is 0 Å². The molecule has 1 rings (SSSR count). The summed E-state index contributed by atoms with van der Waals surface area (Å²) >= 11 is 0. The predicted octanol–water partition coefficient (Wildman–Crippen LogP) is 5.03. The quantitative estimate of drug-likeness (QED) is 0.536. The lowest BCUT2D eigenvalue weighted by Crippen LogP contribution is -1.88. The van der Waals surface area contributed by atoms with Gasteiger partial charge in [-0.3, -0.25) is 0 Å². The minimum absolute atomic E-state index is 0.876. The molecule has 0 atom stereocenters. The Balaban J connectivity index is 1.93. The molecule has 0 nitrogen and oxygen atoms in total. The van der Waals surface area contributed by atoms with E-state index >= 15 is 0 Å². The number of aryl methyl sites for hydroxylation is 1. The van der Waals surface area contributed by atoms with Crippen LogP contribution in [0.15, 0.2) is 24.3 Å². The molecule has 16 heavy (non-hydrogen) atoms. The maximum absolute atomic E-state index is 3.06. The Bertz CT molecular complexity index is 248. The van der Waals surface area contributed by atoms with Crippen LogP contribution in [-0.2, 0) is 6.42 Å². The summed E-state index contributed by atoms with van der Waals surface area (Å²) in [4.78, 5) is 0. The standard InChI is InChI=1S/C16H25/c1-15(2)11-7-4-3-5-8-12-16-13-9-6-10-14-16/h9-10,13-15H,3-5,7-8,11-12H2,1-2H3. The molecule has 0 saturated carbocycles. The molecule has 0 aliphatic carbocycles. The van der Waals surface area contributed by atoms with Crippen molar-refractivity contribution in [2.75, 3.05) is 0 Å². The molecule has 0 aliphatic rings. The van der Waals surface area contributed by atoms with Crippen molar-refractivity contribution < 1.29 is 0 Å². The van der Waals surface area contributed by atoms with E-state index in [1.807, 2.05) is 12.1 Å². The van der Waals surface area contributed by atoms with Crippen LogP contribution in [0.5, 0.6) is 0 Å². The van der Waals surface area contributed by atoms with E-state index in [-0.39, 0.29) is 0 Å². The lowest BCUT2D eigenvalue weighted by atomic mass is 10.0. The maximum atomic E-state index is 3.06. The number of unbranched alkanes of at least 4 members (excludes halogenated alkanes) is 4. The van der Waals surface area contributed by atoms with Gasteiger partial charge in [-0.2, -0.15) is 0 Å². The van der Waals surface area contributed by atoms with Gasteiger partial charge in [-0.05, 0) is 30.4 Å². The van der Waals surface area contributed by atoms with E-state index in [0.29, 0.717) is 0 Å². The van der Waals surface area contributed by atoms with Crippen molar-refractivity contribution in [2.45, 2.75) is 58.8 Å². The van der Waals surface area contributed by atoms with Crippen molar-refractivity contribution in [3.63, 3.8) is 0 Å². The maximum Gasteiger partial charge on any atom is -0.0184 e. The third-order valence-corrected chi connectivity index (χ3v) is 3.03. The van der Waals surface area contributed by atoms with Crippen LogP contribution >= 0.6 is 0 Å². The zero-order chi connectivity index (χ0) is 11.6. The average Bonchev–Trinajstić information content (AvgIpc) is 2.29. The van der Waals surface area contributed by atoms with Crippen LogP contribution in [0.25, 0.3) is 0 Å². The Kier molecular flexibility index (Phi) is 6.96. The lowest BCUT2D eigenvalue weighted by Gasteiger charge is -2.04. The minimum Gasteiger partial charge on any atom is -0.0628 e. The molecule has 1 aromatic carbocycles. The van der Waals surface area contributed by atoms with E-state index in [1.54, 1.807) is 0 Å². The van der Waals surface area contributed by atoms with Crippen molar-refractivity contribution >= 4 is 0 Å². The Labute approximate surface area is 101 Å². The highest BCUT2D eigenvalue weighted by atomic mass is 14.0. The molecule has 0 N–H and O–H groups in total. The summed E-state index contributed by atoms with van der Waals surface area (Å²) in [7, 11) is 0. The van der Waals surface area contributed by atoms with Gasteiger partial charge < -0.3 is 0 Å². The van der Waals surface area contributed by atoms with Crippen molar-refractivity contribution in [3.8, 4) is 0 Å². The first-order chi connectivity index (χ1) is 7.79. The first kappa shape index (κ1) is 13.3. The molecule has 0 amide bonds. The Morgan fingerprint density at radius 3 is 2.25 bits per heavy atom. The second kappa shape index (κ2) is 8.38. The molecule has 0 spiro atoms. The van der Waals surface area contributed by atoms with Gasteiger partial charge in [0.2, 0.25) is 0 Å². The molecular formula is C16H25. The van der Waals surface area contributed by atoms with Gasteiger partial charge in [0.1, 0.15) is 0 Å². The summed E-state index contributed by atoms with van der Waals surface area (Å²) in [6.45, 7) is 4.62. The summed E-state index contributed by atoms with van der Waals surface area (Å²) in [6, 6.07) is 11.4. The van der Waals surface area contributed by atoms with E-state index in [2.05, 4.69) is 32.0 Å². The van der Waals surface area contributed by atoms with Gasteiger partial charge in [-0.1, -0.05) is 70.2 Å². The first-order valence-electron chi connectivity index (χ1n) is 6.74. The highest BCUT2D eigenvalue weighted by Gasteiger charge is 1.95. The van der Waals surface area contributed by atoms with Crippen molar-refractivity contribution in [2.24, 2.45) is 5.92 Å². The first-order valence-corrected chi connectivity index (χ1v) is 6.74. The molecule has 89 valence electrons. The predicted molar refractivity (Wildman–Crippen MR) is 71.5 cm³/mol. The monoisotopic (exact) mass is 217 g/mol. The molecule has 0 fully saturated rings. The van der Waals surface area contributed by atoms with Crippen LogP contribution in [0.2, 0.25) is 0 Å². The Hall–Kier alpha value is -0.780. The van der Waals surface area contributed by atoms with Crippen molar-refractivity contribution in [1.29, 1.82) is 0 Å². The zero-order valence-corrected chi connectivity index (χ0v) is 10.8. The summed E-state index contributed by atoms with van der Waals surface area (Å²) in [5.41, 5.74) is 1.46. The number of rotatable bonds is 8. The summed E-state index contributed by atoms with van der Waals surface area (Å²) in [5, 5.41) is 0. The smallest absolute Gasteiger partial charge is 0.0184 e. The molecule has 0 aromatic heterocycles. The van der Waals surface area contributed by atoms with E-state index in [9.17, 15) is 0 Å². The van der Waals surface area contributed by atoms with Crippen LogP contribution in [0.3, 0.4) is 0 Å². The van der Waals surface area contributed by atoms with Crippen LogP contribution in [-0.4, -0.2) is 0 Å². The topological polar surface area (TPSA) is 0 Å². The molecule has 0 aliphatic heterocycles. The summed E-state index contributed by atoms with van der Waals surface area (Å²) in [6.07, 6.45) is 9.60. The molecule has 0 unspecified atom stereocenters. The second-order valence-electron chi connectivity index (χ2n) is 5.11. The van der Waals surface area contributed by atoms with Gasteiger partial charge in [-0.25, -0.2) is 0 Å². The Morgan fingerprint density at radius 2 is 1.56 bits per heavy atom. The molecule has 1 aromatic rings.